The van der Waals surface area contributed by atoms with E-state index in [1.54, 1.807) is 26.5 Å². The first-order chi connectivity index (χ1) is 26.4. The standard InChI is InChI=1S/C40H39ClF3N7O4/c1-23-18-32(51(20-25-7-11-27(53-3)12-8-25)21-26-9-13-28(54-4)14-10-26)50-36(34(23)40(42,43)44)30-19-31-33(39(52)49-22-48-31)37(35(30)41)55-17-16-46-24(2)29-6-5-15-47-38(29)45/h5-15,18-19,22,24,46H,16-17,20-21H2,1-4H3,(H2,45,47)(H,48,49,52)/t24-/m1/s1. The van der Waals surface area contributed by atoms with Crippen molar-refractivity contribution in [2.75, 3.05) is 38.0 Å². The molecule has 55 heavy (non-hydrogen) atoms. The van der Waals surface area contributed by atoms with Crippen molar-refractivity contribution in [1.29, 1.82) is 0 Å². The summed E-state index contributed by atoms with van der Waals surface area (Å²) in [6.45, 7) is 4.13. The number of benzene rings is 3. The van der Waals surface area contributed by atoms with Gasteiger partial charge in [-0.05, 0) is 73.0 Å². The van der Waals surface area contributed by atoms with Gasteiger partial charge in [0.2, 0.25) is 0 Å². The van der Waals surface area contributed by atoms with Crippen LogP contribution in [0.25, 0.3) is 22.2 Å². The van der Waals surface area contributed by atoms with E-state index < -0.39 is 23.0 Å². The Hall–Kier alpha value is -5.86. The summed E-state index contributed by atoms with van der Waals surface area (Å²) in [7, 11) is 3.14. The number of rotatable bonds is 14. The number of hydrogen-bond acceptors (Lipinski definition) is 10. The number of nitrogens with one attached hydrogen (secondary N) is 2. The van der Waals surface area contributed by atoms with Gasteiger partial charge in [0.25, 0.3) is 5.56 Å². The molecule has 0 fully saturated rings. The zero-order valence-electron chi connectivity index (χ0n) is 30.5. The summed E-state index contributed by atoms with van der Waals surface area (Å²) in [5.41, 5.74) is 6.46. The topological polar surface area (TPSA) is 141 Å². The molecule has 0 saturated carbocycles. The highest BCUT2D eigenvalue weighted by Gasteiger charge is 2.38. The predicted molar refractivity (Wildman–Crippen MR) is 207 cm³/mol. The molecule has 0 radical (unpaired) electrons. The number of fused-ring (bicyclic) bond motifs is 1. The first-order valence-electron chi connectivity index (χ1n) is 17.2. The van der Waals surface area contributed by atoms with Gasteiger partial charge in [-0.3, -0.25) is 4.79 Å². The second-order valence-electron chi connectivity index (χ2n) is 12.8. The number of pyridine rings is 2. The number of halogens is 4. The third kappa shape index (κ3) is 8.76. The second-order valence-corrected chi connectivity index (χ2v) is 13.1. The Kier molecular flexibility index (Phi) is 11.8. The molecule has 0 unspecified atom stereocenters. The summed E-state index contributed by atoms with van der Waals surface area (Å²) >= 11 is 6.98. The molecule has 6 rings (SSSR count). The number of aromatic nitrogens is 4. The fraction of sp³-hybridized carbons (Fsp3) is 0.250. The van der Waals surface area contributed by atoms with Crippen LogP contribution in [0.3, 0.4) is 0 Å². The van der Waals surface area contributed by atoms with E-state index in [0.29, 0.717) is 30.4 Å². The van der Waals surface area contributed by atoms with Gasteiger partial charge < -0.3 is 35.1 Å². The molecule has 15 heteroatoms. The average Bonchev–Trinajstić information content (AvgIpc) is 3.16. The third-order valence-electron chi connectivity index (χ3n) is 9.09. The maximum atomic E-state index is 15.0. The summed E-state index contributed by atoms with van der Waals surface area (Å²) in [6, 6.07) is 20.9. The van der Waals surface area contributed by atoms with Gasteiger partial charge in [-0.2, -0.15) is 13.2 Å². The molecule has 0 aliphatic carbocycles. The number of hydrogen-bond donors (Lipinski definition) is 3. The smallest absolute Gasteiger partial charge is 0.418 e. The van der Waals surface area contributed by atoms with Gasteiger partial charge in [0.15, 0.2) is 5.75 Å². The van der Waals surface area contributed by atoms with Gasteiger partial charge in [0.05, 0.1) is 42.3 Å². The number of H-pyrrole nitrogens is 1. The van der Waals surface area contributed by atoms with Crippen LogP contribution in [0.15, 0.2) is 90.1 Å². The lowest BCUT2D eigenvalue weighted by Gasteiger charge is -2.27. The molecule has 6 aromatic rings. The molecule has 0 bridgehead atoms. The monoisotopic (exact) mass is 773 g/mol. The van der Waals surface area contributed by atoms with Gasteiger partial charge in [0.1, 0.15) is 35.1 Å². The minimum absolute atomic E-state index is 0.00671. The molecule has 0 aliphatic rings. The van der Waals surface area contributed by atoms with Crippen molar-refractivity contribution >= 4 is 34.1 Å². The van der Waals surface area contributed by atoms with E-state index >= 15 is 13.2 Å². The van der Waals surface area contributed by atoms with Crippen molar-refractivity contribution < 1.29 is 27.4 Å². The molecule has 3 aromatic carbocycles. The Morgan fingerprint density at radius 3 is 2.18 bits per heavy atom. The Balaban J connectivity index is 1.44. The lowest BCUT2D eigenvalue weighted by atomic mass is 9.99. The zero-order valence-corrected chi connectivity index (χ0v) is 31.3. The van der Waals surface area contributed by atoms with Crippen molar-refractivity contribution in [3.05, 3.63) is 129 Å². The van der Waals surface area contributed by atoms with Crippen molar-refractivity contribution in [3.8, 4) is 28.5 Å². The van der Waals surface area contributed by atoms with Crippen LogP contribution in [0.1, 0.15) is 40.8 Å². The molecule has 0 aliphatic heterocycles. The Morgan fingerprint density at radius 2 is 1.60 bits per heavy atom. The second kappa shape index (κ2) is 16.7. The number of nitrogens with zero attached hydrogens (tertiary/aromatic N) is 4. The summed E-state index contributed by atoms with van der Waals surface area (Å²) in [5, 5.41) is 3.05. The van der Waals surface area contributed by atoms with E-state index in [9.17, 15) is 4.79 Å². The highest BCUT2D eigenvalue weighted by atomic mass is 35.5. The highest BCUT2D eigenvalue weighted by Crippen LogP contribution is 2.46. The number of nitrogens with two attached hydrogens (primary N) is 1. The molecular formula is C40H39ClF3N7O4. The average molecular weight is 774 g/mol. The van der Waals surface area contributed by atoms with Crippen LogP contribution in [0.4, 0.5) is 24.8 Å². The fourth-order valence-electron chi connectivity index (χ4n) is 6.31. The molecule has 286 valence electrons. The van der Waals surface area contributed by atoms with Crippen molar-refractivity contribution in [3.63, 3.8) is 0 Å². The summed E-state index contributed by atoms with van der Waals surface area (Å²) in [6.07, 6.45) is -2.06. The number of ether oxygens (including phenoxy) is 3. The number of nitrogen functional groups attached to an aromatic ring is 1. The lowest BCUT2D eigenvalue weighted by molar-refractivity contribution is -0.137. The molecule has 4 N–H and O–H groups in total. The van der Waals surface area contributed by atoms with Crippen LogP contribution in [0, 0.1) is 6.92 Å². The van der Waals surface area contributed by atoms with Crippen molar-refractivity contribution in [1.82, 2.24) is 25.3 Å². The van der Waals surface area contributed by atoms with Crippen molar-refractivity contribution in [2.45, 2.75) is 39.2 Å². The molecular weight excluding hydrogens is 735 g/mol. The molecule has 1 atom stereocenters. The van der Waals surface area contributed by atoms with E-state index in [1.165, 1.54) is 25.4 Å². The van der Waals surface area contributed by atoms with Crippen LogP contribution in [0.5, 0.6) is 17.2 Å². The fourth-order valence-corrected chi connectivity index (χ4v) is 6.60. The van der Waals surface area contributed by atoms with E-state index in [-0.39, 0.29) is 57.8 Å². The minimum atomic E-state index is -4.82. The highest BCUT2D eigenvalue weighted by molar-refractivity contribution is 6.36. The molecule has 3 heterocycles. The quantitative estimate of drug-likeness (QED) is 0.0937. The van der Waals surface area contributed by atoms with Gasteiger partial charge in [0, 0.05) is 43.0 Å². The SMILES string of the molecule is COc1ccc(CN(Cc2ccc(OC)cc2)c2cc(C)c(C(F)(F)F)c(-c3cc4nc[nH]c(=O)c4c(OCCN[C@H](C)c4cccnc4N)c3Cl)n2)cc1. The Labute approximate surface area is 320 Å². The molecule has 0 saturated heterocycles. The van der Waals surface area contributed by atoms with Crippen LogP contribution in [0.2, 0.25) is 5.02 Å². The van der Waals surface area contributed by atoms with Gasteiger partial charge in [-0.15, -0.1) is 0 Å². The number of alkyl halides is 3. The summed E-state index contributed by atoms with van der Waals surface area (Å²) in [5.74, 6) is 1.84. The molecule has 0 amide bonds. The molecule has 0 spiro atoms. The van der Waals surface area contributed by atoms with Crippen LogP contribution in [-0.2, 0) is 19.3 Å². The number of aryl methyl sites for hydroxylation is 1. The Bertz CT molecular complexity index is 2290. The molecule has 3 aromatic heterocycles. The number of aromatic amines is 1. The normalized spacial score (nSPS) is 12.1. The van der Waals surface area contributed by atoms with E-state index in [1.807, 2.05) is 66.4 Å². The predicted octanol–water partition coefficient (Wildman–Crippen LogP) is 7.90. The maximum absolute atomic E-state index is 15.0. The van der Waals surface area contributed by atoms with Gasteiger partial charge in [-0.1, -0.05) is 41.9 Å². The van der Waals surface area contributed by atoms with Crippen LogP contribution >= 0.6 is 11.6 Å². The molecule has 11 nitrogen and oxygen atoms in total. The van der Waals surface area contributed by atoms with Crippen LogP contribution < -0.4 is 35.7 Å². The van der Waals surface area contributed by atoms with Crippen LogP contribution in [-0.4, -0.2) is 47.3 Å². The van der Waals surface area contributed by atoms with E-state index in [4.69, 9.17) is 36.5 Å². The number of methoxy groups -OCH3 is 2. The summed E-state index contributed by atoms with van der Waals surface area (Å²) < 4.78 is 61.8. The Morgan fingerprint density at radius 1 is 0.964 bits per heavy atom. The maximum Gasteiger partial charge on any atom is 0.418 e. The summed E-state index contributed by atoms with van der Waals surface area (Å²) in [4.78, 5) is 30.6. The number of anilines is 2. The minimum Gasteiger partial charge on any atom is -0.497 e. The van der Waals surface area contributed by atoms with Gasteiger partial charge in [-0.25, -0.2) is 15.0 Å². The lowest BCUT2D eigenvalue weighted by Crippen LogP contribution is -2.25. The van der Waals surface area contributed by atoms with Crippen molar-refractivity contribution in [2.24, 2.45) is 0 Å². The zero-order chi connectivity index (χ0) is 39.3. The largest absolute Gasteiger partial charge is 0.497 e. The van der Waals surface area contributed by atoms with E-state index in [2.05, 4.69) is 20.3 Å². The van der Waals surface area contributed by atoms with Gasteiger partial charge >= 0.3 is 6.18 Å². The first-order valence-corrected chi connectivity index (χ1v) is 17.6. The third-order valence-corrected chi connectivity index (χ3v) is 9.47. The first kappa shape index (κ1) is 38.9. The van der Waals surface area contributed by atoms with E-state index in [0.717, 1.165) is 16.7 Å².